The summed E-state index contributed by atoms with van der Waals surface area (Å²) in [6, 6.07) is -1.50. The molecule has 2 atom stereocenters. The number of rotatable bonds is 7. The van der Waals surface area contributed by atoms with E-state index in [1.54, 1.807) is 6.92 Å². The van der Waals surface area contributed by atoms with Crippen LogP contribution < -0.4 is 16.0 Å². The number of carboxylic acid groups (broad SMARTS) is 1. The summed E-state index contributed by atoms with van der Waals surface area (Å²) in [6.45, 7) is 3.77. The predicted octanol–water partition coefficient (Wildman–Crippen LogP) is -0.0790. The maximum absolute atomic E-state index is 11.4. The number of hydrogen-bond donors (Lipinski definition) is 4. The molecule has 0 aromatic heterocycles. The van der Waals surface area contributed by atoms with Crippen molar-refractivity contribution < 1.29 is 19.5 Å². The van der Waals surface area contributed by atoms with Crippen molar-refractivity contribution in [2.45, 2.75) is 32.7 Å². The first-order valence-electron chi connectivity index (χ1n) is 5.90. The Kier molecular flexibility index (Phi) is 7.50. The summed E-state index contributed by atoms with van der Waals surface area (Å²) < 4.78 is 0. The van der Waals surface area contributed by atoms with Gasteiger partial charge in [-0.15, -0.1) is 0 Å². The van der Waals surface area contributed by atoms with Crippen LogP contribution in [0.5, 0.6) is 0 Å². The van der Waals surface area contributed by atoms with Crippen molar-refractivity contribution in [3.05, 3.63) is 0 Å². The molecule has 0 rings (SSSR count). The minimum absolute atomic E-state index is 0.158. The molecule has 104 valence electrons. The molecule has 2 unspecified atom stereocenters. The zero-order valence-corrected chi connectivity index (χ0v) is 10.9. The number of carbonyl (C=O) groups excluding carboxylic acids is 2. The highest BCUT2D eigenvalue weighted by atomic mass is 16.4. The molecule has 7 heteroatoms. The second-order valence-corrected chi connectivity index (χ2v) is 4.02. The van der Waals surface area contributed by atoms with Crippen LogP contribution in [-0.4, -0.2) is 42.6 Å². The first kappa shape index (κ1) is 16.2. The van der Waals surface area contributed by atoms with E-state index in [-0.39, 0.29) is 24.8 Å². The van der Waals surface area contributed by atoms with E-state index in [0.717, 1.165) is 0 Å². The summed E-state index contributed by atoms with van der Waals surface area (Å²) in [5, 5.41) is 16.2. The van der Waals surface area contributed by atoms with Gasteiger partial charge < -0.3 is 21.1 Å². The normalized spacial score (nSPS) is 13.3. The van der Waals surface area contributed by atoms with Gasteiger partial charge in [-0.3, -0.25) is 4.79 Å². The Bertz CT molecular complexity index is 307. The Morgan fingerprint density at radius 1 is 1.28 bits per heavy atom. The first-order valence-corrected chi connectivity index (χ1v) is 5.90. The molecule has 0 spiro atoms. The van der Waals surface area contributed by atoms with Crippen LogP contribution in [0.4, 0.5) is 4.79 Å². The number of amides is 3. The Morgan fingerprint density at radius 2 is 1.89 bits per heavy atom. The standard InChI is InChI=1S/C11H21N3O4/c1-4-7(2)9(10(16)17)14-11(18)13-6-5-8(15)12-3/h7,9H,4-6H2,1-3H3,(H,12,15)(H,16,17)(H2,13,14,18). The van der Waals surface area contributed by atoms with Crippen LogP contribution in [0.2, 0.25) is 0 Å². The molecule has 0 heterocycles. The third kappa shape index (κ3) is 6.07. The molecule has 0 aromatic carbocycles. The monoisotopic (exact) mass is 259 g/mol. The molecule has 0 saturated carbocycles. The van der Waals surface area contributed by atoms with Gasteiger partial charge in [-0.05, 0) is 5.92 Å². The average molecular weight is 259 g/mol. The summed E-state index contributed by atoms with van der Waals surface area (Å²) in [4.78, 5) is 33.3. The van der Waals surface area contributed by atoms with Gasteiger partial charge in [0.1, 0.15) is 6.04 Å². The second kappa shape index (κ2) is 8.32. The van der Waals surface area contributed by atoms with Gasteiger partial charge in [0.25, 0.3) is 0 Å². The highest BCUT2D eigenvalue weighted by molar-refractivity contribution is 5.83. The Balaban J connectivity index is 4.11. The second-order valence-electron chi connectivity index (χ2n) is 4.02. The van der Waals surface area contributed by atoms with Crippen molar-refractivity contribution in [1.82, 2.24) is 16.0 Å². The van der Waals surface area contributed by atoms with Gasteiger partial charge in [0.15, 0.2) is 0 Å². The molecule has 0 aliphatic carbocycles. The van der Waals surface area contributed by atoms with E-state index in [1.807, 2.05) is 6.92 Å². The molecular weight excluding hydrogens is 238 g/mol. The third-order valence-corrected chi connectivity index (χ3v) is 2.68. The number of nitrogens with one attached hydrogen (secondary N) is 3. The van der Waals surface area contributed by atoms with Crippen LogP contribution in [0.25, 0.3) is 0 Å². The summed E-state index contributed by atoms with van der Waals surface area (Å²) in [5.41, 5.74) is 0. The molecule has 18 heavy (non-hydrogen) atoms. The van der Waals surface area contributed by atoms with E-state index in [9.17, 15) is 14.4 Å². The average Bonchev–Trinajstić information content (AvgIpc) is 2.34. The Hall–Kier alpha value is -1.79. The van der Waals surface area contributed by atoms with E-state index in [1.165, 1.54) is 7.05 Å². The van der Waals surface area contributed by atoms with Gasteiger partial charge in [0, 0.05) is 20.0 Å². The Morgan fingerprint density at radius 3 is 2.33 bits per heavy atom. The van der Waals surface area contributed by atoms with Crippen molar-refractivity contribution in [2.75, 3.05) is 13.6 Å². The summed E-state index contributed by atoms with van der Waals surface area (Å²) >= 11 is 0. The number of carboxylic acids is 1. The third-order valence-electron chi connectivity index (χ3n) is 2.68. The van der Waals surface area contributed by atoms with Crippen LogP contribution in [0.3, 0.4) is 0 Å². The van der Waals surface area contributed by atoms with Gasteiger partial charge in [0.05, 0.1) is 0 Å². The molecule has 0 aliphatic heterocycles. The lowest BCUT2D eigenvalue weighted by Gasteiger charge is -2.20. The van der Waals surface area contributed by atoms with Crippen molar-refractivity contribution in [1.29, 1.82) is 0 Å². The van der Waals surface area contributed by atoms with Gasteiger partial charge in [0.2, 0.25) is 5.91 Å². The van der Waals surface area contributed by atoms with E-state index in [4.69, 9.17) is 5.11 Å². The van der Waals surface area contributed by atoms with Crippen LogP contribution in [0.15, 0.2) is 0 Å². The zero-order chi connectivity index (χ0) is 14.1. The zero-order valence-electron chi connectivity index (χ0n) is 10.9. The number of hydrogen-bond acceptors (Lipinski definition) is 3. The molecule has 0 bridgehead atoms. The highest BCUT2D eigenvalue weighted by Gasteiger charge is 2.24. The summed E-state index contributed by atoms with van der Waals surface area (Å²) in [6.07, 6.45) is 0.806. The van der Waals surface area contributed by atoms with Gasteiger partial charge in [-0.25, -0.2) is 9.59 Å². The van der Waals surface area contributed by atoms with E-state index >= 15 is 0 Å². The van der Waals surface area contributed by atoms with E-state index in [0.29, 0.717) is 6.42 Å². The maximum Gasteiger partial charge on any atom is 0.326 e. The quantitative estimate of drug-likeness (QED) is 0.513. The van der Waals surface area contributed by atoms with Gasteiger partial charge in [-0.2, -0.15) is 0 Å². The van der Waals surface area contributed by atoms with Crippen molar-refractivity contribution >= 4 is 17.9 Å². The first-order chi connectivity index (χ1) is 8.42. The topological polar surface area (TPSA) is 108 Å². The van der Waals surface area contributed by atoms with Crippen molar-refractivity contribution in [2.24, 2.45) is 5.92 Å². The molecule has 0 fully saturated rings. The van der Waals surface area contributed by atoms with E-state index < -0.39 is 18.0 Å². The number of aliphatic carboxylic acids is 1. The number of carbonyl (C=O) groups is 3. The number of urea groups is 1. The largest absolute Gasteiger partial charge is 0.480 e. The maximum atomic E-state index is 11.4. The van der Waals surface area contributed by atoms with Crippen molar-refractivity contribution in [3.63, 3.8) is 0 Å². The Labute approximate surface area is 106 Å². The van der Waals surface area contributed by atoms with Crippen LogP contribution in [-0.2, 0) is 9.59 Å². The van der Waals surface area contributed by atoms with Crippen LogP contribution in [0, 0.1) is 5.92 Å². The lowest BCUT2D eigenvalue weighted by molar-refractivity contribution is -0.140. The summed E-state index contributed by atoms with van der Waals surface area (Å²) in [7, 11) is 1.51. The predicted molar refractivity (Wildman–Crippen MR) is 66.1 cm³/mol. The highest BCUT2D eigenvalue weighted by Crippen LogP contribution is 2.07. The molecule has 0 radical (unpaired) electrons. The fraction of sp³-hybridized carbons (Fsp3) is 0.727. The smallest absolute Gasteiger partial charge is 0.326 e. The SMILES string of the molecule is CCC(C)C(NC(=O)NCCC(=O)NC)C(=O)O. The summed E-state index contributed by atoms with van der Waals surface area (Å²) in [5.74, 6) is -1.41. The molecular formula is C11H21N3O4. The van der Waals surface area contributed by atoms with Gasteiger partial charge >= 0.3 is 12.0 Å². The van der Waals surface area contributed by atoms with Crippen LogP contribution in [0.1, 0.15) is 26.7 Å². The lowest BCUT2D eigenvalue weighted by Crippen LogP contribution is -2.49. The molecule has 7 nitrogen and oxygen atoms in total. The van der Waals surface area contributed by atoms with E-state index in [2.05, 4.69) is 16.0 Å². The molecule has 3 amide bonds. The fourth-order valence-electron chi connectivity index (χ4n) is 1.29. The molecule has 0 saturated heterocycles. The molecule has 0 aromatic rings. The van der Waals surface area contributed by atoms with Crippen LogP contribution >= 0.6 is 0 Å². The van der Waals surface area contributed by atoms with Crippen molar-refractivity contribution in [3.8, 4) is 0 Å². The van der Waals surface area contributed by atoms with Gasteiger partial charge in [-0.1, -0.05) is 20.3 Å². The fourth-order valence-corrected chi connectivity index (χ4v) is 1.29. The molecule has 4 N–H and O–H groups in total. The minimum atomic E-state index is -1.06. The lowest BCUT2D eigenvalue weighted by atomic mass is 9.99. The minimum Gasteiger partial charge on any atom is -0.480 e. The molecule has 0 aliphatic rings.